The lowest BCUT2D eigenvalue weighted by Crippen LogP contribution is -2.47. The fourth-order valence-electron chi connectivity index (χ4n) is 1.16. The van der Waals surface area contributed by atoms with E-state index >= 15 is 0 Å². The first-order chi connectivity index (χ1) is 6.16. The van der Waals surface area contributed by atoms with Gasteiger partial charge < -0.3 is 5.11 Å². The first-order valence-electron chi connectivity index (χ1n) is 4.37. The maximum atomic E-state index is 11.5. The molecule has 1 atom stereocenters. The quantitative estimate of drug-likeness (QED) is 0.511. The van der Waals surface area contributed by atoms with Gasteiger partial charge in [0.05, 0.1) is 0 Å². The molecule has 0 radical (unpaired) electrons. The summed E-state index contributed by atoms with van der Waals surface area (Å²) in [6.45, 7) is 5.17. The molecule has 0 heterocycles. The summed E-state index contributed by atoms with van der Waals surface area (Å²) in [7, 11) is 3.28. The summed E-state index contributed by atoms with van der Waals surface area (Å²) in [5.74, 6) is -2.63. The second kappa shape index (κ2) is 4.41. The van der Waals surface area contributed by atoms with Gasteiger partial charge in [-0.05, 0) is 5.41 Å². The van der Waals surface area contributed by atoms with Gasteiger partial charge in [0, 0.05) is 14.1 Å². The van der Waals surface area contributed by atoms with Gasteiger partial charge in [-0.15, -0.1) is 0 Å². The summed E-state index contributed by atoms with van der Waals surface area (Å²) in [5.41, 5.74) is 1.85. The minimum Gasteiger partial charge on any atom is -0.481 e. The largest absolute Gasteiger partial charge is 0.481 e. The number of hydrazine groups is 1. The van der Waals surface area contributed by atoms with Crippen LogP contribution in [0.15, 0.2) is 0 Å². The fraction of sp³-hybridized carbons (Fsp3) is 0.778. The SMILES string of the molecule is CN(C)NC(=O)C(C(=O)O)C(C)(C)C. The lowest BCUT2D eigenvalue weighted by atomic mass is 9.80. The summed E-state index contributed by atoms with van der Waals surface area (Å²) in [6, 6.07) is 0. The van der Waals surface area contributed by atoms with E-state index in [-0.39, 0.29) is 0 Å². The number of rotatable bonds is 3. The van der Waals surface area contributed by atoms with E-state index in [0.29, 0.717) is 0 Å². The Bertz CT molecular complexity index is 231. The maximum Gasteiger partial charge on any atom is 0.316 e. The smallest absolute Gasteiger partial charge is 0.316 e. The van der Waals surface area contributed by atoms with Crippen LogP contribution in [0.4, 0.5) is 0 Å². The Morgan fingerprint density at radius 2 is 1.71 bits per heavy atom. The van der Waals surface area contributed by atoms with Crippen molar-refractivity contribution in [1.29, 1.82) is 0 Å². The van der Waals surface area contributed by atoms with Crippen LogP contribution < -0.4 is 5.43 Å². The zero-order valence-corrected chi connectivity index (χ0v) is 9.29. The standard InChI is InChI=1S/C9H18N2O3/c1-9(2,3)6(8(13)14)7(12)10-11(4)5/h6H,1-5H3,(H,10,12)(H,13,14). The Balaban J connectivity index is 4.68. The molecule has 0 aliphatic carbocycles. The van der Waals surface area contributed by atoms with E-state index in [2.05, 4.69) is 5.43 Å². The second-order valence-corrected chi connectivity index (χ2v) is 4.51. The van der Waals surface area contributed by atoms with Crippen molar-refractivity contribution >= 4 is 11.9 Å². The van der Waals surface area contributed by atoms with Gasteiger partial charge in [-0.3, -0.25) is 15.0 Å². The average Bonchev–Trinajstić information content (AvgIpc) is 1.78. The van der Waals surface area contributed by atoms with Crippen LogP contribution in [-0.2, 0) is 9.59 Å². The number of amides is 1. The maximum absolute atomic E-state index is 11.5. The Kier molecular flexibility index (Phi) is 4.07. The van der Waals surface area contributed by atoms with E-state index in [9.17, 15) is 9.59 Å². The molecule has 1 unspecified atom stereocenters. The monoisotopic (exact) mass is 202 g/mol. The normalized spacial score (nSPS) is 13.9. The van der Waals surface area contributed by atoms with Gasteiger partial charge in [-0.25, -0.2) is 5.01 Å². The van der Waals surface area contributed by atoms with Crippen molar-refractivity contribution in [3.63, 3.8) is 0 Å². The van der Waals surface area contributed by atoms with Crippen LogP contribution in [0.25, 0.3) is 0 Å². The fourth-order valence-corrected chi connectivity index (χ4v) is 1.16. The van der Waals surface area contributed by atoms with Crippen LogP contribution in [-0.4, -0.2) is 36.1 Å². The Hall–Kier alpha value is -1.10. The average molecular weight is 202 g/mol. The van der Waals surface area contributed by atoms with E-state index in [1.54, 1.807) is 34.9 Å². The van der Waals surface area contributed by atoms with E-state index < -0.39 is 23.2 Å². The molecule has 2 N–H and O–H groups in total. The molecule has 1 amide bonds. The summed E-state index contributed by atoms with van der Waals surface area (Å²) in [4.78, 5) is 22.4. The van der Waals surface area contributed by atoms with Gasteiger partial charge >= 0.3 is 5.97 Å². The molecule has 82 valence electrons. The van der Waals surface area contributed by atoms with E-state index in [0.717, 1.165) is 0 Å². The number of carboxylic acids is 1. The Morgan fingerprint density at radius 3 is 1.93 bits per heavy atom. The zero-order valence-electron chi connectivity index (χ0n) is 9.29. The van der Waals surface area contributed by atoms with E-state index in [1.807, 2.05) is 0 Å². The highest BCUT2D eigenvalue weighted by molar-refractivity contribution is 5.97. The number of carboxylic acid groups (broad SMARTS) is 1. The number of carbonyl (C=O) groups is 2. The predicted molar refractivity (Wildman–Crippen MR) is 52.4 cm³/mol. The molecule has 0 aromatic carbocycles. The molecule has 14 heavy (non-hydrogen) atoms. The first kappa shape index (κ1) is 12.9. The molecule has 0 fully saturated rings. The molecule has 0 aromatic heterocycles. The molecule has 0 saturated heterocycles. The van der Waals surface area contributed by atoms with Crippen molar-refractivity contribution in [2.24, 2.45) is 11.3 Å². The summed E-state index contributed by atoms with van der Waals surface area (Å²) in [6.07, 6.45) is 0. The third kappa shape index (κ3) is 3.74. The Morgan fingerprint density at radius 1 is 1.29 bits per heavy atom. The third-order valence-corrected chi connectivity index (χ3v) is 1.71. The summed E-state index contributed by atoms with van der Waals surface area (Å²) < 4.78 is 0. The minimum atomic E-state index is -1.10. The Labute approximate surface area is 84.1 Å². The lowest BCUT2D eigenvalue weighted by Gasteiger charge is -2.27. The molecular weight excluding hydrogens is 184 g/mol. The first-order valence-corrected chi connectivity index (χ1v) is 4.37. The van der Waals surface area contributed by atoms with Crippen molar-refractivity contribution < 1.29 is 14.7 Å². The number of nitrogens with zero attached hydrogens (tertiary/aromatic N) is 1. The number of hydrogen-bond donors (Lipinski definition) is 2. The van der Waals surface area contributed by atoms with Crippen molar-refractivity contribution in [1.82, 2.24) is 10.4 Å². The lowest BCUT2D eigenvalue weighted by molar-refractivity contribution is -0.153. The minimum absolute atomic E-state index is 0.491. The second-order valence-electron chi connectivity index (χ2n) is 4.51. The molecule has 0 aromatic rings. The van der Waals surface area contributed by atoms with Crippen LogP contribution in [0.5, 0.6) is 0 Å². The zero-order chi connectivity index (χ0) is 11.5. The predicted octanol–water partition coefficient (Wildman–Crippen LogP) is 0.326. The molecule has 0 aliphatic heterocycles. The third-order valence-electron chi connectivity index (χ3n) is 1.71. The van der Waals surface area contributed by atoms with E-state index in [4.69, 9.17) is 5.11 Å². The van der Waals surface area contributed by atoms with Crippen molar-refractivity contribution in [3.05, 3.63) is 0 Å². The van der Waals surface area contributed by atoms with Crippen molar-refractivity contribution in [3.8, 4) is 0 Å². The van der Waals surface area contributed by atoms with Gasteiger partial charge in [-0.2, -0.15) is 0 Å². The number of nitrogens with one attached hydrogen (secondary N) is 1. The van der Waals surface area contributed by atoms with Gasteiger partial charge in [0.25, 0.3) is 0 Å². The van der Waals surface area contributed by atoms with Crippen molar-refractivity contribution in [2.45, 2.75) is 20.8 Å². The molecule has 5 nitrogen and oxygen atoms in total. The number of carbonyl (C=O) groups excluding carboxylic acids is 1. The molecule has 0 rings (SSSR count). The van der Waals surface area contributed by atoms with E-state index in [1.165, 1.54) is 5.01 Å². The molecule has 0 bridgehead atoms. The highest BCUT2D eigenvalue weighted by atomic mass is 16.4. The topological polar surface area (TPSA) is 69.6 Å². The number of aliphatic carboxylic acids is 1. The van der Waals surface area contributed by atoms with Crippen LogP contribution >= 0.6 is 0 Å². The van der Waals surface area contributed by atoms with Crippen LogP contribution in [0.3, 0.4) is 0 Å². The van der Waals surface area contributed by atoms with Gasteiger partial charge in [0.15, 0.2) is 0 Å². The number of hydrogen-bond acceptors (Lipinski definition) is 3. The summed E-state index contributed by atoms with van der Waals surface area (Å²) in [5, 5.41) is 10.3. The molecule has 0 aliphatic rings. The van der Waals surface area contributed by atoms with Crippen LogP contribution in [0, 0.1) is 11.3 Å². The van der Waals surface area contributed by atoms with Crippen LogP contribution in [0.1, 0.15) is 20.8 Å². The van der Waals surface area contributed by atoms with Gasteiger partial charge in [-0.1, -0.05) is 20.8 Å². The summed E-state index contributed by atoms with van der Waals surface area (Å²) >= 11 is 0. The van der Waals surface area contributed by atoms with Gasteiger partial charge in [0.2, 0.25) is 5.91 Å². The highest BCUT2D eigenvalue weighted by Gasteiger charge is 2.37. The van der Waals surface area contributed by atoms with Crippen molar-refractivity contribution in [2.75, 3.05) is 14.1 Å². The molecule has 5 heteroatoms. The highest BCUT2D eigenvalue weighted by Crippen LogP contribution is 2.26. The molecule has 0 saturated carbocycles. The van der Waals surface area contributed by atoms with Gasteiger partial charge in [0.1, 0.15) is 5.92 Å². The van der Waals surface area contributed by atoms with Crippen LogP contribution in [0.2, 0.25) is 0 Å². The molecule has 0 spiro atoms. The molecular formula is C9H18N2O3.